The maximum atomic E-state index is 12.3. The number of hydrogen-bond acceptors (Lipinski definition) is 5. The normalized spacial score (nSPS) is 10.4. The first-order chi connectivity index (χ1) is 14.0. The number of nitrogens with zero attached hydrogens (tertiary/aromatic N) is 1. The number of amides is 2. The summed E-state index contributed by atoms with van der Waals surface area (Å²) in [6, 6.07) is 12.6. The van der Waals surface area contributed by atoms with E-state index in [2.05, 4.69) is 15.6 Å². The number of rotatable bonds is 7. The molecule has 1 aromatic carbocycles. The average molecular weight is 393 g/mol. The molecule has 2 aromatic heterocycles. The second-order valence-electron chi connectivity index (χ2n) is 6.54. The molecule has 7 heteroatoms. The van der Waals surface area contributed by atoms with E-state index in [1.165, 1.54) is 6.20 Å². The van der Waals surface area contributed by atoms with Crippen molar-refractivity contribution < 1.29 is 18.7 Å². The average Bonchev–Trinajstić information content (AvgIpc) is 3.06. The third-order valence-corrected chi connectivity index (χ3v) is 4.31. The van der Waals surface area contributed by atoms with E-state index >= 15 is 0 Å². The summed E-state index contributed by atoms with van der Waals surface area (Å²) in [5.74, 6) is 2.07. The van der Waals surface area contributed by atoms with Crippen molar-refractivity contribution in [3.8, 4) is 11.5 Å². The molecule has 2 N–H and O–H groups in total. The van der Waals surface area contributed by atoms with Crippen molar-refractivity contribution in [2.24, 2.45) is 0 Å². The molecule has 150 valence electrons. The fourth-order valence-electron chi connectivity index (χ4n) is 2.90. The van der Waals surface area contributed by atoms with Gasteiger partial charge in [-0.2, -0.15) is 0 Å². The number of furan rings is 1. The predicted molar refractivity (Wildman–Crippen MR) is 108 cm³/mol. The van der Waals surface area contributed by atoms with E-state index in [0.717, 1.165) is 5.56 Å². The molecule has 2 heterocycles. The third kappa shape index (κ3) is 5.22. The minimum atomic E-state index is -0.275. The Labute approximate surface area is 169 Å². The Hall–Kier alpha value is -3.61. The Balaban J connectivity index is 1.59. The molecule has 0 saturated carbocycles. The summed E-state index contributed by atoms with van der Waals surface area (Å²) < 4.78 is 11.2. The van der Waals surface area contributed by atoms with Gasteiger partial charge in [0.05, 0.1) is 5.56 Å². The minimum Gasteiger partial charge on any atom is -0.466 e. The second kappa shape index (κ2) is 9.05. The fourth-order valence-corrected chi connectivity index (χ4v) is 2.90. The molecular weight excluding hydrogens is 370 g/mol. The van der Waals surface area contributed by atoms with Gasteiger partial charge < -0.3 is 19.8 Å². The van der Waals surface area contributed by atoms with E-state index in [1.54, 1.807) is 32.2 Å². The van der Waals surface area contributed by atoms with Gasteiger partial charge in [0.25, 0.3) is 11.8 Å². The highest BCUT2D eigenvalue weighted by Crippen LogP contribution is 2.22. The molecule has 2 amide bonds. The van der Waals surface area contributed by atoms with Crippen LogP contribution in [0.2, 0.25) is 0 Å². The highest BCUT2D eigenvalue weighted by atomic mass is 16.5. The van der Waals surface area contributed by atoms with E-state index < -0.39 is 0 Å². The lowest BCUT2D eigenvalue weighted by Gasteiger charge is -2.09. The lowest BCUT2D eigenvalue weighted by molar-refractivity contribution is 0.0946. The first kappa shape index (κ1) is 20.1. The zero-order valence-corrected chi connectivity index (χ0v) is 16.6. The Morgan fingerprint density at radius 1 is 1.07 bits per heavy atom. The first-order valence-corrected chi connectivity index (χ1v) is 9.26. The van der Waals surface area contributed by atoms with Crippen LogP contribution in [0.1, 0.15) is 37.9 Å². The molecule has 7 nitrogen and oxygen atoms in total. The van der Waals surface area contributed by atoms with Gasteiger partial charge >= 0.3 is 0 Å². The molecular formula is C22H23N3O4. The van der Waals surface area contributed by atoms with Crippen LogP contribution in [0.3, 0.4) is 0 Å². The van der Waals surface area contributed by atoms with Gasteiger partial charge in [-0.3, -0.25) is 14.6 Å². The summed E-state index contributed by atoms with van der Waals surface area (Å²) in [5, 5.41) is 5.44. The molecule has 3 rings (SSSR count). The Bertz CT molecular complexity index is 1030. The molecule has 0 fully saturated rings. The Kier molecular flexibility index (Phi) is 6.29. The number of aromatic nitrogens is 1. The van der Waals surface area contributed by atoms with Crippen LogP contribution in [-0.2, 0) is 6.42 Å². The van der Waals surface area contributed by atoms with Crippen molar-refractivity contribution in [1.82, 2.24) is 15.6 Å². The van der Waals surface area contributed by atoms with Crippen molar-refractivity contribution in [2.45, 2.75) is 20.3 Å². The number of nitrogens with one attached hydrogen (secondary N) is 2. The van der Waals surface area contributed by atoms with E-state index in [0.29, 0.717) is 41.5 Å². The Morgan fingerprint density at radius 2 is 1.86 bits per heavy atom. The van der Waals surface area contributed by atoms with Crippen molar-refractivity contribution >= 4 is 11.8 Å². The zero-order valence-electron chi connectivity index (χ0n) is 16.6. The van der Waals surface area contributed by atoms with E-state index in [1.807, 2.05) is 31.2 Å². The Morgan fingerprint density at radius 3 is 2.59 bits per heavy atom. The predicted octanol–water partition coefficient (Wildman–Crippen LogP) is 3.42. The van der Waals surface area contributed by atoms with Crippen molar-refractivity contribution in [3.05, 3.63) is 77.0 Å². The van der Waals surface area contributed by atoms with Gasteiger partial charge in [-0.25, -0.2) is 0 Å². The third-order valence-electron chi connectivity index (χ3n) is 4.31. The van der Waals surface area contributed by atoms with Crippen molar-refractivity contribution in [1.29, 1.82) is 0 Å². The van der Waals surface area contributed by atoms with Crippen molar-refractivity contribution in [3.63, 3.8) is 0 Å². The molecule has 0 aliphatic rings. The molecule has 0 aliphatic heterocycles. The van der Waals surface area contributed by atoms with Crippen LogP contribution >= 0.6 is 0 Å². The lowest BCUT2D eigenvalue weighted by atomic mass is 10.1. The summed E-state index contributed by atoms with van der Waals surface area (Å²) in [7, 11) is 1.55. The molecule has 0 bridgehead atoms. The highest BCUT2D eigenvalue weighted by molar-refractivity contribution is 5.95. The van der Waals surface area contributed by atoms with E-state index in [4.69, 9.17) is 9.15 Å². The second-order valence-corrected chi connectivity index (χ2v) is 6.54. The maximum Gasteiger partial charge on any atom is 0.269 e. The van der Waals surface area contributed by atoms with Gasteiger partial charge in [0, 0.05) is 25.9 Å². The maximum absolute atomic E-state index is 12.3. The number of aryl methyl sites for hydroxylation is 2. The molecule has 0 unspecified atom stereocenters. The molecule has 0 aliphatic carbocycles. The van der Waals surface area contributed by atoms with Crippen LogP contribution in [0, 0.1) is 13.8 Å². The van der Waals surface area contributed by atoms with Gasteiger partial charge in [0.2, 0.25) is 0 Å². The van der Waals surface area contributed by atoms with Crippen LogP contribution in [0.5, 0.6) is 11.5 Å². The smallest absolute Gasteiger partial charge is 0.269 e. The SMILES string of the molecule is CNC(=O)c1cc(Oc2cccc(CCNC(=O)c3cc(C)oc3C)c2)ccn1. The molecule has 0 spiro atoms. The van der Waals surface area contributed by atoms with Gasteiger partial charge in [0.15, 0.2) is 0 Å². The largest absolute Gasteiger partial charge is 0.466 e. The molecule has 0 atom stereocenters. The van der Waals surface area contributed by atoms with E-state index in [-0.39, 0.29) is 17.5 Å². The topological polar surface area (TPSA) is 93.5 Å². The minimum absolute atomic E-state index is 0.148. The quantitative estimate of drug-likeness (QED) is 0.642. The number of pyridine rings is 1. The number of carbonyl (C=O) groups is 2. The molecule has 29 heavy (non-hydrogen) atoms. The summed E-state index contributed by atoms with van der Waals surface area (Å²) in [6.45, 7) is 4.08. The highest BCUT2D eigenvalue weighted by Gasteiger charge is 2.13. The van der Waals surface area contributed by atoms with Crippen LogP contribution in [0.4, 0.5) is 0 Å². The standard InChI is InChI=1S/C22H23N3O4/c1-14-11-19(15(2)28-14)21(26)25-9-7-16-5-4-6-17(12-16)29-18-8-10-24-20(13-18)22(27)23-3/h4-6,8,10-13H,7,9H2,1-3H3,(H,23,27)(H,25,26). The monoisotopic (exact) mass is 393 g/mol. The van der Waals surface area contributed by atoms with Crippen LogP contribution in [0.15, 0.2) is 53.1 Å². The summed E-state index contributed by atoms with van der Waals surface area (Å²) in [4.78, 5) is 28.0. The van der Waals surface area contributed by atoms with Crippen LogP contribution in [0.25, 0.3) is 0 Å². The van der Waals surface area contributed by atoms with E-state index in [9.17, 15) is 9.59 Å². The zero-order chi connectivity index (χ0) is 20.8. The van der Waals surface area contributed by atoms with Gasteiger partial charge in [-0.05, 0) is 50.1 Å². The summed E-state index contributed by atoms with van der Waals surface area (Å²) >= 11 is 0. The summed E-state index contributed by atoms with van der Waals surface area (Å²) in [6.07, 6.45) is 2.18. The first-order valence-electron chi connectivity index (χ1n) is 9.26. The number of ether oxygens (including phenoxy) is 1. The van der Waals surface area contributed by atoms with Gasteiger partial charge in [-0.1, -0.05) is 12.1 Å². The lowest BCUT2D eigenvalue weighted by Crippen LogP contribution is -2.25. The van der Waals surface area contributed by atoms with Gasteiger partial charge in [-0.15, -0.1) is 0 Å². The summed E-state index contributed by atoms with van der Waals surface area (Å²) in [5.41, 5.74) is 1.86. The van der Waals surface area contributed by atoms with Crippen LogP contribution < -0.4 is 15.4 Å². The molecule has 3 aromatic rings. The van der Waals surface area contributed by atoms with Gasteiger partial charge in [0.1, 0.15) is 28.7 Å². The molecule has 0 radical (unpaired) electrons. The van der Waals surface area contributed by atoms with Crippen LogP contribution in [-0.4, -0.2) is 30.4 Å². The number of benzene rings is 1. The van der Waals surface area contributed by atoms with Crippen molar-refractivity contribution in [2.75, 3.05) is 13.6 Å². The fraction of sp³-hybridized carbons (Fsp3) is 0.227. The number of carbonyl (C=O) groups excluding carboxylic acids is 2. The molecule has 0 saturated heterocycles. The number of hydrogen-bond donors (Lipinski definition) is 2.